The van der Waals surface area contributed by atoms with Gasteiger partial charge >= 0.3 is 0 Å². The number of carbonyl (C=O) groups is 2. The van der Waals surface area contributed by atoms with Crippen LogP contribution in [-0.2, 0) is 13.1 Å². The molecule has 0 unspecified atom stereocenters. The van der Waals surface area contributed by atoms with E-state index in [4.69, 9.17) is 5.73 Å². The van der Waals surface area contributed by atoms with Crippen molar-refractivity contribution < 1.29 is 14.7 Å². The second-order valence-corrected chi connectivity index (χ2v) is 7.99. The van der Waals surface area contributed by atoms with Crippen LogP contribution in [0.3, 0.4) is 0 Å². The van der Waals surface area contributed by atoms with E-state index in [1.807, 2.05) is 19.1 Å². The molecule has 10 heteroatoms. The van der Waals surface area contributed by atoms with Gasteiger partial charge in [0.25, 0.3) is 11.8 Å². The maximum Gasteiger partial charge on any atom is 0.258 e. The third kappa shape index (κ3) is 5.44. The van der Waals surface area contributed by atoms with Gasteiger partial charge in [0, 0.05) is 56.1 Å². The van der Waals surface area contributed by atoms with Gasteiger partial charge in [-0.15, -0.1) is 0 Å². The number of anilines is 2. The Balaban J connectivity index is 1.63. The summed E-state index contributed by atoms with van der Waals surface area (Å²) in [5.41, 5.74) is 9.02. The van der Waals surface area contributed by atoms with Gasteiger partial charge in [-0.1, -0.05) is 6.07 Å². The van der Waals surface area contributed by atoms with E-state index in [0.717, 1.165) is 5.56 Å². The van der Waals surface area contributed by atoms with Crippen molar-refractivity contribution in [2.24, 2.45) is 0 Å². The van der Waals surface area contributed by atoms with Crippen LogP contribution in [0.2, 0.25) is 0 Å². The van der Waals surface area contributed by atoms with Gasteiger partial charge in [0.05, 0.1) is 5.56 Å². The third-order valence-electron chi connectivity index (χ3n) is 5.54. The minimum Gasteiger partial charge on any atom is -0.399 e. The van der Waals surface area contributed by atoms with Crippen LogP contribution in [0.4, 0.5) is 11.6 Å². The molecule has 0 aliphatic rings. The first-order chi connectivity index (χ1) is 17.0. The standard InChI is InChI=1S/C25H27N7O3/c1-2-31(16-17-7-9-27-10-8-17)24(35)19-14-21-22(28-15-19)32(11-4-12-33)25(29-21)30-23(34)18-5-3-6-20(26)13-18/h3,5-10,13-15,33H,2,4,11-12,16,26H2,1H3,(H,29,30,34). The van der Waals surface area contributed by atoms with Crippen molar-refractivity contribution in [1.82, 2.24) is 24.4 Å². The second-order valence-electron chi connectivity index (χ2n) is 7.99. The number of aryl methyl sites for hydroxylation is 1. The zero-order valence-electron chi connectivity index (χ0n) is 19.4. The highest BCUT2D eigenvalue weighted by molar-refractivity contribution is 6.04. The first kappa shape index (κ1) is 23.8. The molecule has 10 nitrogen and oxygen atoms in total. The number of imidazole rings is 1. The van der Waals surface area contributed by atoms with Crippen LogP contribution in [0.25, 0.3) is 11.2 Å². The molecule has 4 rings (SSSR count). The number of hydrogen-bond donors (Lipinski definition) is 3. The SMILES string of the molecule is CCN(Cc1ccncc1)C(=O)c1cnc2c(c1)nc(NC(=O)c1cccc(N)c1)n2CCCO. The van der Waals surface area contributed by atoms with Gasteiger partial charge in [-0.2, -0.15) is 0 Å². The molecule has 0 aliphatic carbocycles. The zero-order valence-corrected chi connectivity index (χ0v) is 19.4. The molecule has 0 fully saturated rings. The summed E-state index contributed by atoms with van der Waals surface area (Å²) in [6.45, 7) is 3.24. The number of nitrogens with two attached hydrogens (primary N) is 1. The molecule has 1 aromatic carbocycles. The summed E-state index contributed by atoms with van der Waals surface area (Å²) >= 11 is 0. The number of aliphatic hydroxyl groups excluding tert-OH is 1. The number of rotatable bonds is 9. The minimum atomic E-state index is -0.372. The van der Waals surface area contributed by atoms with E-state index < -0.39 is 0 Å². The molecule has 0 atom stereocenters. The van der Waals surface area contributed by atoms with Crippen molar-refractivity contribution in [3.63, 3.8) is 0 Å². The molecule has 4 aromatic rings. The predicted octanol–water partition coefficient (Wildman–Crippen LogP) is 2.71. The normalized spacial score (nSPS) is 10.9. The van der Waals surface area contributed by atoms with Crippen molar-refractivity contribution in [3.8, 4) is 0 Å². The number of nitrogen functional groups attached to an aromatic ring is 1. The molecular formula is C25H27N7O3. The number of nitrogens with one attached hydrogen (secondary N) is 1. The average Bonchev–Trinajstić information content (AvgIpc) is 3.22. The van der Waals surface area contributed by atoms with E-state index in [2.05, 4.69) is 20.3 Å². The van der Waals surface area contributed by atoms with Gasteiger partial charge in [0.15, 0.2) is 5.65 Å². The molecule has 3 aromatic heterocycles. The lowest BCUT2D eigenvalue weighted by Gasteiger charge is -2.20. The Hall–Kier alpha value is -4.31. The molecule has 2 amide bonds. The number of carbonyl (C=O) groups excluding carboxylic acids is 2. The molecule has 180 valence electrons. The van der Waals surface area contributed by atoms with Gasteiger partial charge in [0.2, 0.25) is 5.95 Å². The molecule has 0 saturated heterocycles. The summed E-state index contributed by atoms with van der Waals surface area (Å²) < 4.78 is 1.72. The van der Waals surface area contributed by atoms with Crippen molar-refractivity contribution in [2.45, 2.75) is 26.4 Å². The lowest BCUT2D eigenvalue weighted by molar-refractivity contribution is 0.0752. The fourth-order valence-electron chi connectivity index (χ4n) is 3.74. The number of benzene rings is 1. The summed E-state index contributed by atoms with van der Waals surface area (Å²) in [5.74, 6) is -0.264. The average molecular weight is 474 g/mol. The zero-order chi connectivity index (χ0) is 24.8. The van der Waals surface area contributed by atoms with E-state index in [9.17, 15) is 14.7 Å². The number of nitrogens with zero attached hydrogens (tertiary/aromatic N) is 5. The largest absolute Gasteiger partial charge is 0.399 e. The summed E-state index contributed by atoms with van der Waals surface area (Å²) in [6.07, 6.45) is 5.35. The first-order valence-electron chi connectivity index (χ1n) is 11.3. The Labute approximate surface area is 202 Å². The Morgan fingerprint density at radius 3 is 2.66 bits per heavy atom. The molecule has 0 aliphatic heterocycles. The molecule has 4 N–H and O–H groups in total. The van der Waals surface area contributed by atoms with Crippen LogP contribution in [0, 0.1) is 0 Å². The van der Waals surface area contributed by atoms with E-state index in [1.54, 1.807) is 52.2 Å². The maximum atomic E-state index is 13.2. The lowest BCUT2D eigenvalue weighted by atomic mass is 10.2. The van der Waals surface area contributed by atoms with Gasteiger partial charge in [0.1, 0.15) is 5.52 Å². The smallest absolute Gasteiger partial charge is 0.258 e. The highest BCUT2D eigenvalue weighted by Gasteiger charge is 2.20. The molecular weight excluding hydrogens is 446 g/mol. The van der Waals surface area contributed by atoms with Crippen molar-refractivity contribution in [2.75, 3.05) is 24.2 Å². The Morgan fingerprint density at radius 2 is 1.94 bits per heavy atom. The summed E-state index contributed by atoms with van der Waals surface area (Å²) in [7, 11) is 0. The summed E-state index contributed by atoms with van der Waals surface area (Å²) in [4.78, 5) is 40.7. The Morgan fingerprint density at radius 1 is 1.14 bits per heavy atom. The fraction of sp³-hybridized carbons (Fsp3) is 0.240. The van der Waals surface area contributed by atoms with Crippen molar-refractivity contribution in [3.05, 3.63) is 77.7 Å². The van der Waals surface area contributed by atoms with Crippen LogP contribution in [0.15, 0.2) is 61.1 Å². The predicted molar refractivity (Wildman–Crippen MR) is 133 cm³/mol. The van der Waals surface area contributed by atoms with Gasteiger partial charge in [-0.05, 0) is 55.3 Å². The van der Waals surface area contributed by atoms with Crippen LogP contribution in [0.1, 0.15) is 39.6 Å². The van der Waals surface area contributed by atoms with Crippen LogP contribution in [-0.4, -0.2) is 54.5 Å². The van der Waals surface area contributed by atoms with E-state index >= 15 is 0 Å². The molecule has 0 radical (unpaired) electrons. The number of fused-ring (bicyclic) bond motifs is 1. The first-order valence-corrected chi connectivity index (χ1v) is 11.3. The maximum absolute atomic E-state index is 13.2. The van der Waals surface area contributed by atoms with Crippen LogP contribution >= 0.6 is 0 Å². The van der Waals surface area contributed by atoms with E-state index in [1.165, 1.54) is 6.20 Å². The quantitative estimate of drug-likeness (QED) is 0.318. The third-order valence-corrected chi connectivity index (χ3v) is 5.54. The monoisotopic (exact) mass is 473 g/mol. The van der Waals surface area contributed by atoms with Crippen molar-refractivity contribution >= 4 is 34.6 Å². The van der Waals surface area contributed by atoms with Gasteiger partial charge in [-0.25, -0.2) is 9.97 Å². The summed E-state index contributed by atoms with van der Waals surface area (Å²) in [5, 5.41) is 12.1. The second kappa shape index (κ2) is 10.7. The minimum absolute atomic E-state index is 0.0285. The number of amides is 2. The fourth-order valence-corrected chi connectivity index (χ4v) is 3.74. The number of pyridine rings is 2. The molecule has 0 saturated carbocycles. The highest BCUT2D eigenvalue weighted by atomic mass is 16.3. The Kier molecular flexibility index (Phi) is 7.32. The van der Waals surface area contributed by atoms with Gasteiger partial charge < -0.3 is 15.7 Å². The Bertz CT molecular complexity index is 1340. The topological polar surface area (TPSA) is 139 Å². The van der Waals surface area contributed by atoms with E-state index in [0.29, 0.717) is 54.0 Å². The van der Waals surface area contributed by atoms with Crippen LogP contribution in [0.5, 0.6) is 0 Å². The summed E-state index contributed by atoms with van der Waals surface area (Å²) in [6, 6.07) is 12.0. The molecule has 3 heterocycles. The van der Waals surface area contributed by atoms with Gasteiger partial charge in [-0.3, -0.25) is 24.5 Å². The van der Waals surface area contributed by atoms with E-state index in [-0.39, 0.29) is 24.4 Å². The number of hydrogen-bond acceptors (Lipinski definition) is 7. The molecule has 0 spiro atoms. The molecule has 0 bridgehead atoms. The molecule has 35 heavy (non-hydrogen) atoms. The highest BCUT2D eigenvalue weighted by Crippen LogP contribution is 2.22. The lowest BCUT2D eigenvalue weighted by Crippen LogP contribution is -2.30. The van der Waals surface area contributed by atoms with Crippen molar-refractivity contribution in [1.29, 1.82) is 0 Å². The number of aromatic nitrogens is 4. The number of aliphatic hydroxyl groups is 1. The van der Waals surface area contributed by atoms with Crippen LogP contribution < -0.4 is 11.1 Å².